The molecule has 0 fully saturated rings. The van der Waals surface area contributed by atoms with Gasteiger partial charge in [-0.3, -0.25) is 4.98 Å². The van der Waals surface area contributed by atoms with Crippen LogP contribution in [0.25, 0.3) is 10.9 Å². The molecular formula is C15H21N3. The monoisotopic (exact) mass is 243 g/mol. The third-order valence-corrected chi connectivity index (χ3v) is 3.08. The summed E-state index contributed by atoms with van der Waals surface area (Å²) in [6.45, 7) is 6.46. The van der Waals surface area contributed by atoms with Crippen molar-refractivity contribution in [2.75, 3.05) is 23.7 Å². The number of nitrogen functional groups attached to an aromatic ring is 1. The Morgan fingerprint density at radius 1 is 1.11 bits per heavy atom. The van der Waals surface area contributed by atoms with Gasteiger partial charge in [0.2, 0.25) is 0 Å². The number of rotatable bonds is 5. The van der Waals surface area contributed by atoms with Crippen LogP contribution in [-0.2, 0) is 0 Å². The number of anilines is 2. The van der Waals surface area contributed by atoms with E-state index in [1.165, 1.54) is 0 Å². The molecule has 0 spiro atoms. The molecule has 3 heteroatoms. The molecule has 0 bridgehead atoms. The second kappa shape index (κ2) is 5.71. The molecule has 18 heavy (non-hydrogen) atoms. The Kier molecular flexibility index (Phi) is 4.03. The lowest BCUT2D eigenvalue weighted by Crippen LogP contribution is -2.26. The Labute approximate surface area is 109 Å². The smallest absolute Gasteiger partial charge is 0.0745 e. The topological polar surface area (TPSA) is 42.1 Å². The van der Waals surface area contributed by atoms with Crippen molar-refractivity contribution in [3.8, 4) is 0 Å². The fourth-order valence-corrected chi connectivity index (χ4v) is 2.37. The van der Waals surface area contributed by atoms with Crippen LogP contribution in [0.3, 0.4) is 0 Å². The molecular weight excluding hydrogens is 222 g/mol. The fraction of sp³-hybridized carbons (Fsp3) is 0.400. The first-order valence-corrected chi connectivity index (χ1v) is 6.66. The number of pyridine rings is 1. The standard InChI is InChI=1S/C15H21N3/c1-3-9-18(10-4-2)15-12-7-5-6-8-14(12)17-11-13(15)16/h5-8,11H,3-4,9-10,16H2,1-2H3. The molecule has 2 rings (SSSR count). The zero-order chi connectivity index (χ0) is 13.0. The number of fused-ring (bicyclic) bond motifs is 1. The zero-order valence-corrected chi connectivity index (χ0v) is 11.2. The summed E-state index contributed by atoms with van der Waals surface area (Å²) in [5.74, 6) is 0. The summed E-state index contributed by atoms with van der Waals surface area (Å²) in [7, 11) is 0. The molecule has 0 amide bonds. The average Bonchev–Trinajstić information content (AvgIpc) is 2.38. The van der Waals surface area contributed by atoms with Crippen molar-refractivity contribution in [1.29, 1.82) is 0 Å². The van der Waals surface area contributed by atoms with Crippen molar-refractivity contribution in [3.05, 3.63) is 30.5 Å². The van der Waals surface area contributed by atoms with E-state index >= 15 is 0 Å². The molecule has 2 aromatic rings. The molecule has 1 aromatic carbocycles. The van der Waals surface area contributed by atoms with Crippen LogP contribution in [0, 0.1) is 0 Å². The Bertz CT molecular complexity index is 516. The van der Waals surface area contributed by atoms with Crippen molar-refractivity contribution in [3.63, 3.8) is 0 Å². The van der Waals surface area contributed by atoms with Gasteiger partial charge in [0.25, 0.3) is 0 Å². The van der Waals surface area contributed by atoms with E-state index in [-0.39, 0.29) is 0 Å². The lowest BCUT2D eigenvalue weighted by molar-refractivity contribution is 0.748. The van der Waals surface area contributed by atoms with E-state index < -0.39 is 0 Å². The maximum atomic E-state index is 6.14. The number of benzene rings is 1. The number of aromatic nitrogens is 1. The normalized spacial score (nSPS) is 10.8. The van der Waals surface area contributed by atoms with Crippen molar-refractivity contribution in [2.24, 2.45) is 0 Å². The minimum Gasteiger partial charge on any atom is -0.396 e. The molecule has 0 unspecified atom stereocenters. The molecule has 0 aliphatic heterocycles. The molecule has 0 saturated carbocycles. The average molecular weight is 243 g/mol. The lowest BCUT2D eigenvalue weighted by atomic mass is 10.1. The summed E-state index contributed by atoms with van der Waals surface area (Å²) in [5, 5.41) is 1.15. The summed E-state index contributed by atoms with van der Waals surface area (Å²) in [5.41, 5.74) is 9.07. The van der Waals surface area contributed by atoms with Crippen molar-refractivity contribution in [2.45, 2.75) is 26.7 Å². The van der Waals surface area contributed by atoms with E-state index in [0.29, 0.717) is 0 Å². The first kappa shape index (κ1) is 12.7. The van der Waals surface area contributed by atoms with E-state index in [2.05, 4.69) is 29.8 Å². The first-order chi connectivity index (χ1) is 8.77. The van der Waals surface area contributed by atoms with Crippen molar-refractivity contribution in [1.82, 2.24) is 4.98 Å². The van der Waals surface area contributed by atoms with Crippen LogP contribution in [0.5, 0.6) is 0 Å². The molecule has 0 saturated heterocycles. The van der Waals surface area contributed by atoms with Gasteiger partial charge in [0, 0.05) is 18.5 Å². The summed E-state index contributed by atoms with van der Waals surface area (Å²) < 4.78 is 0. The molecule has 3 nitrogen and oxygen atoms in total. The van der Waals surface area contributed by atoms with Crippen LogP contribution in [0.1, 0.15) is 26.7 Å². The van der Waals surface area contributed by atoms with Gasteiger partial charge in [-0.2, -0.15) is 0 Å². The summed E-state index contributed by atoms with van der Waals surface area (Å²) in [4.78, 5) is 6.77. The second-order valence-electron chi connectivity index (χ2n) is 4.57. The minimum atomic E-state index is 0.774. The number of nitrogens with zero attached hydrogens (tertiary/aromatic N) is 2. The summed E-state index contributed by atoms with van der Waals surface area (Å²) >= 11 is 0. The van der Waals surface area contributed by atoms with Crippen LogP contribution in [0.4, 0.5) is 11.4 Å². The highest BCUT2D eigenvalue weighted by Gasteiger charge is 2.12. The van der Waals surface area contributed by atoms with E-state index in [1.54, 1.807) is 6.20 Å². The van der Waals surface area contributed by atoms with Gasteiger partial charge in [-0.15, -0.1) is 0 Å². The molecule has 96 valence electrons. The lowest BCUT2D eigenvalue weighted by Gasteiger charge is -2.26. The Morgan fingerprint density at radius 3 is 2.44 bits per heavy atom. The van der Waals surface area contributed by atoms with Crippen LogP contribution >= 0.6 is 0 Å². The third-order valence-electron chi connectivity index (χ3n) is 3.08. The van der Waals surface area contributed by atoms with E-state index in [1.807, 2.05) is 18.2 Å². The van der Waals surface area contributed by atoms with E-state index in [4.69, 9.17) is 5.73 Å². The zero-order valence-electron chi connectivity index (χ0n) is 11.2. The first-order valence-electron chi connectivity index (χ1n) is 6.66. The SMILES string of the molecule is CCCN(CCC)c1c(N)cnc2ccccc12. The Morgan fingerprint density at radius 2 is 1.78 bits per heavy atom. The van der Waals surface area contributed by atoms with Crippen LogP contribution in [-0.4, -0.2) is 18.1 Å². The maximum Gasteiger partial charge on any atom is 0.0745 e. The molecule has 0 aliphatic carbocycles. The highest BCUT2D eigenvalue weighted by molar-refractivity contribution is 5.97. The number of hydrogen-bond donors (Lipinski definition) is 1. The second-order valence-corrected chi connectivity index (χ2v) is 4.57. The fourth-order valence-electron chi connectivity index (χ4n) is 2.37. The van der Waals surface area contributed by atoms with E-state index in [0.717, 1.165) is 48.2 Å². The molecule has 0 radical (unpaired) electrons. The third kappa shape index (κ3) is 2.40. The molecule has 0 aliphatic rings. The highest BCUT2D eigenvalue weighted by Crippen LogP contribution is 2.31. The van der Waals surface area contributed by atoms with E-state index in [9.17, 15) is 0 Å². The number of hydrogen-bond acceptors (Lipinski definition) is 3. The van der Waals surface area contributed by atoms with Crippen LogP contribution in [0.15, 0.2) is 30.5 Å². The van der Waals surface area contributed by atoms with Crippen LogP contribution < -0.4 is 10.6 Å². The predicted molar refractivity (Wildman–Crippen MR) is 79.0 cm³/mol. The molecule has 0 atom stereocenters. The Hall–Kier alpha value is -1.77. The highest BCUT2D eigenvalue weighted by atomic mass is 15.1. The number of para-hydroxylation sites is 1. The number of nitrogens with two attached hydrogens (primary N) is 1. The van der Waals surface area contributed by atoms with Crippen molar-refractivity contribution >= 4 is 22.3 Å². The largest absolute Gasteiger partial charge is 0.396 e. The van der Waals surface area contributed by atoms with Gasteiger partial charge in [0.05, 0.1) is 23.1 Å². The van der Waals surface area contributed by atoms with Crippen LogP contribution in [0.2, 0.25) is 0 Å². The van der Waals surface area contributed by atoms with Gasteiger partial charge >= 0.3 is 0 Å². The molecule has 2 N–H and O–H groups in total. The van der Waals surface area contributed by atoms with Gasteiger partial charge in [0.15, 0.2) is 0 Å². The quantitative estimate of drug-likeness (QED) is 0.874. The maximum absolute atomic E-state index is 6.14. The van der Waals surface area contributed by atoms with Gasteiger partial charge in [-0.05, 0) is 18.9 Å². The van der Waals surface area contributed by atoms with Crippen molar-refractivity contribution < 1.29 is 0 Å². The minimum absolute atomic E-state index is 0.774. The van der Waals surface area contributed by atoms with Gasteiger partial charge < -0.3 is 10.6 Å². The predicted octanol–water partition coefficient (Wildman–Crippen LogP) is 3.44. The van der Waals surface area contributed by atoms with Gasteiger partial charge in [-0.1, -0.05) is 32.0 Å². The summed E-state index contributed by atoms with van der Waals surface area (Å²) in [6.07, 6.45) is 4.02. The summed E-state index contributed by atoms with van der Waals surface area (Å²) in [6, 6.07) is 8.20. The Balaban J connectivity index is 2.55. The molecule has 1 aromatic heterocycles. The van der Waals surface area contributed by atoms with Gasteiger partial charge in [0.1, 0.15) is 0 Å². The van der Waals surface area contributed by atoms with Gasteiger partial charge in [-0.25, -0.2) is 0 Å². The molecule has 1 heterocycles.